The van der Waals surface area contributed by atoms with Crippen LogP contribution in [0.4, 0.5) is 5.82 Å². The molecule has 0 spiro atoms. The fourth-order valence-corrected chi connectivity index (χ4v) is 2.48. The van der Waals surface area contributed by atoms with Crippen molar-refractivity contribution >= 4 is 11.7 Å². The first-order valence-electron chi connectivity index (χ1n) is 6.18. The number of carbonyl (C=O) groups excluding carboxylic acids is 1. The van der Waals surface area contributed by atoms with E-state index in [0.29, 0.717) is 17.3 Å². The fraction of sp³-hybridized carbons (Fsp3) is 0.667. The lowest BCUT2D eigenvalue weighted by Gasteiger charge is -2.20. The second-order valence-corrected chi connectivity index (χ2v) is 4.87. The summed E-state index contributed by atoms with van der Waals surface area (Å²) in [7, 11) is 1.73. The van der Waals surface area contributed by atoms with Crippen molar-refractivity contribution in [1.29, 1.82) is 0 Å². The van der Waals surface area contributed by atoms with Gasteiger partial charge in [-0.05, 0) is 25.7 Å². The van der Waals surface area contributed by atoms with E-state index in [-0.39, 0.29) is 11.9 Å². The Morgan fingerprint density at radius 1 is 1.59 bits per heavy atom. The Kier molecular flexibility index (Phi) is 3.36. The number of rotatable bonds is 3. The number of nitrogens with two attached hydrogens (primary N) is 1. The standard InChI is InChI=1S/C12H20N4O/c1-8(9-5-3-4-6-9)15-12(17)10-7-14-16(2)11(10)13/h7-9H,3-6,13H2,1-2H3,(H,15,17). The van der Waals surface area contributed by atoms with Gasteiger partial charge in [-0.2, -0.15) is 5.10 Å². The van der Waals surface area contributed by atoms with Gasteiger partial charge in [0.05, 0.1) is 6.20 Å². The molecule has 1 fully saturated rings. The summed E-state index contributed by atoms with van der Waals surface area (Å²) in [5.41, 5.74) is 6.24. The summed E-state index contributed by atoms with van der Waals surface area (Å²) in [6.45, 7) is 2.07. The molecule has 17 heavy (non-hydrogen) atoms. The van der Waals surface area contributed by atoms with Gasteiger partial charge in [-0.25, -0.2) is 0 Å². The molecule has 0 aromatic carbocycles. The fourth-order valence-electron chi connectivity index (χ4n) is 2.48. The number of nitrogens with one attached hydrogen (secondary N) is 1. The number of amides is 1. The van der Waals surface area contributed by atoms with Crippen molar-refractivity contribution in [2.24, 2.45) is 13.0 Å². The van der Waals surface area contributed by atoms with Crippen LogP contribution < -0.4 is 11.1 Å². The Balaban J connectivity index is 1.99. The molecule has 1 heterocycles. The van der Waals surface area contributed by atoms with Crippen LogP contribution in [0.3, 0.4) is 0 Å². The summed E-state index contributed by atoms with van der Waals surface area (Å²) in [6, 6.07) is 0.213. The van der Waals surface area contributed by atoms with E-state index in [4.69, 9.17) is 5.73 Å². The third-order valence-electron chi connectivity index (χ3n) is 3.69. The van der Waals surface area contributed by atoms with E-state index in [1.807, 2.05) is 0 Å². The van der Waals surface area contributed by atoms with Crippen LogP contribution in [-0.4, -0.2) is 21.7 Å². The van der Waals surface area contributed by atoms with E-state index < -0.39 is 0 Å². The lowest BCUT2D eigenvalue weighted by Crippen LogP contribution is -2.37. The average Bonchev–Trinajstić information content (AvgIpc) is 2.90. The highest BCUT2D eigenvalue weighted by atomic mass is 16.1. The number of hydrogen-bond acceptors (Lipinski definition) is 3. The Morgan fingerprint density at radius 2 is 2.24 bits per heavy atom. The highest BCUT2D eigenvalue weighted by molar-refractivity contribution is 5.98. The van der Waals surface area contributed by atoms with Crippen LogP contribution in [-0.2, 0) is 7.05 Å². The van der Waals surface area contributed by atoms with E-state index in [0.717, 1.165) is 0 Å². The third kappa shape index (κ3) is 2.43. The molecule has 1 aromatic rings. The Hall–Kier alpha value is -1.52. The molecule has 1 atom stereocenters. The SMILES string of the molecule is CC(NC(=O)c1cnn(C)c1N)C1CCCC1. The summed E-state index contributed by atoms with van der Waals surface area (Å²) in [5, 5.41) is 6.99. The Labute approximate surface area is 101 Å². The minimum atomic E-state index is -0.116. The summed E-state index contributed by atoms with van der Waals surface area (Å²) in [4.78, 5) is 12.0. The van der Waals surface area contributed by atoms with Crippen molar-refractivity contribution < 1.29 is 4.79 Å². The van der Waals surface area contributed by atoms with E-state index in [2.05, 4.69) is 17.3 Å². The third-order valence-corrected chi connectivity index (χ3v) is 3.69. The van der Waals surface area contributed by atoms with Gasteiger partial charge in [0.1, 0.15) is 11.4 Å². The van der Waals surface area contributed by atoms with Crippen LogP contribution in [0.2, 0.25) is 0 Å². The molecular weight excluding hydrogens is 216 g/mol. The maximum atomic E-state index is 12.0. The van der Waals surface area contributed by atoms with E-state index in [1.54, 1.807) is 7.05 Å². The molecule has 5 nitrogen and oxygen atoms in total. The van der Waals surface area contributed by atoms with Gasteiger partial charge in [-0.15, -0.1) is 0 Å². The molecule has 3 N–H and O–H groups in total. The normalized spacial score (nSPS) is 18.2. The van der Waals surface area contributed by atoms with E-state index in [9.17, 15) is 4.79 Å². The monoisotopic (exact) mass is 236 g/mol. The molecule has 0 bridgehead atoms. The minimum absolute atomic E-state index is 0.116. The lowest BCUT2D eigenvalue weighted by molar-refractivity contribution is 0.0928. The minimum Gasteiger partial charge on any atom is -0.383 e. The Bertz CT molecular complexity index is 407. The predicted octanol–water partition coefficient (Wildman–Crippen LogP) is 1.31. The smallest absolute Gasteiger partial charge is 0.256 e. The first-order chi connectivity index (χ1) is 8.09. The summed E-state index contributed by atoms with van der Waals surface area (Å²) >= 11 is 0. The zero-order valence-electron chi connectivity index (χ0n) is 10.4. The quantitative estimate of drug-likeness (QED) is 0.831. The lowest BCUT2D eigenvalue weighted by atomic mass is 9.99. The number of nitrogens with zero attached hydrogens (tertiary/aromatic N) is 2. The number of nitrogen functional groups attached to an aromatic ring is 1. The molecule has 1 aliphatic rings. The second kappa shape index (κ2) is 4.77. The van der Waals surface area contributed by atoms with Gasteiger partial charge in [-0.1, -0.05) is 12.8 Å². The maximum absolute atomic E-state index is 12.0. The van der Waals surface area contributed by atoms with Crippen molar-refractivity contribution in [3.8, 4) is 0 Å². The molecule has 94 valence electrons. The van der Waals surface area contributed by atoms with E-state index >= 15 is 0 Å². The molecular formula is C12H20N4O. The van der Waals surface area contributed by atoms with Crippen molar-refractivity contribution in [1.82, 2.24) is 15.1 Å². The van der Waals surface area contributed by atoms with Crippen LogP contribution in [0.25, 0.3) is 0 Å². The van der Waals surface area contributed by atoms with Gasteiger partial charge < -0.3 is 11.1 Å². The molecule has 2 rings (SSSR count). The predicted molar refractivity (Wildman–Crippen MR) is 66.5 cm³/mol. The van der Waals surface area contributed by atoms with Crippen molar-refractivity contribution in [2.45, 2.75) is 38.6 Å². The second-order valence-electron chi connectivity index (χ2n) is 4.87. The van der Waals surface area contributed by atoms with Gasteiger partial charge in [0.25, 0.3) is 5.91 Å². The summed E-state index contributed by atoms with van der Waals surface area (Å²) < 4.78 is 1.51. The zero-order valence-corrected chi connectivity index (χ0v) is 10.4. The van der Waals surface area contributed by atoms with Crippen LogP contribution in [0.15, 0.2) is 6.20 Å². The summed E-state index contributed by atoms with van der Waals surface area (Å²) in [6.07, 6.45) is 6.50. The molecule has 1 aromatic heterocycles. The van der Waals surface area contributed by atoms with Crippen molar-refractivity contribution in [3.05, 3.63) is 11.8 Å². The number of hydrogen-bond donors (Lipinski definition) is 2. The van der Waals surface area contributed by atoms with Gasteiger partial charge >= 0.3 is 0 Å². The van der Waals surface area contributed by atoms with Crippen molar-refractivity contribution in [3.63, 3.8) is 0 Å². The molecule has 1 amide bonds. The zero-order chi connectivity index (χ0) is 12.4. The van der Waals surface area contributed by atoms with Crippen LogP contribution in [0.5, 0.6) is 0 Å². The highest BCUT2D eigenvalue weighted by Gasteiger charge is 2.24. The molecule has 0 aliphatic heterocycles. The molecule has 1 saturated carbocycles. The number of carbonyl (C=O) groups is 1. The molecule has 0 saturated heterocycles. The van der Waals surface area contributed by atoms with E-state index in [1.165, 1.54) is 36.6 Å². The van der Waals surface area contributed by atoms with Gasteiger partial charge in [0.15, 0.2) is 0 Å². The average molecular weight is 236 g/mol. The van der Waals surface area contributed by atoms with Gasteiger partial charge in [0.2, 0.25) is 0 Å². The molecule has 1 aliphatic carbocycles. The van der Waals surface area contributed by atoms with Gasteiger partial charge in [-0.3, -0.25) is 9.48 Å². The number of anilines is 1. The number of aromatic nitrogens is 2. The topological polar surface area (TPSA) is 72.9 Å². The van der Waals surface area contributed by atoms with Crippen LogP contribution in [0.1, 0.15) is 43.0 Å². The molecule has 0 radical (unpaired) electrons. The largest absolute Gasteiger partial charge is 0.383 e. The maximum Gasteiger partial charge on any atom is 0.256 e. The first-order valence-corrected chi connectivity index (χ1v) is 6.18. The van der Waals surface area contributed by atoms with Crippen LogP contribution in [0, 0.1) is 5.92 Å². The number of aryl methyl sites for hydroxylation is 1. The van der Waals surface area contributed by atoms with Crippen LogP contribution >= 0.6 is 0 Å². The highest BCUT2D eigenvalue weighted by Crippen LogP contribution is 2.27. The summed E-state index contributed by atoms with van der Waals surface area (Å²) in [5.74, 6) is 0.910. The molecule has 5 heteroatoms. The molecule has 1 unspecified atom stereocenters. The Morgan fingerprint density at radius 3 is 2.76 bits per heavy atom. The first kappa shape index (κ1) is 12.0. The van der Waals surface area contributed by atoms with Crippen molar-refractivity contribution in [2.75, 3.05) is 5.73 Å². The van der Waals surface area contributed by atoms with Gasteiger partial charge in [0, 0.05) is 13.1 Å².